The lowest BCUT2D eigenvalue weighted by Crippen LogP contribution is -2.13. The van der Waals surface area contributed by atoms with E-state index in [-0.39, 0.29) is 0 Å². The molecular weight excluding hydrogens is 258 g/mol. The minimum atomic E-state index is 0.851. The average Bonchev–Trinajstić information content (AvgIpc) is 2.71. The van der Waals surface area contributed by atoms with Crippen LogP contribution in [0.3, 0.4) is 0 Å². The van der Waals surface area contributed by atoms with E-state index < -0.39 is 0 Å². The summed E-state index contributed by atoms with van der Waals surface area (Å²) in [4.78, 5) is 0. The number of allylic oxidation sites excluding steroid dienone is 1. The fourth-order valence-electron chi connectivity index (χ4n) is 2.12. The molecule has 0 saturated carbocycles. The normalized spacial score (nSPS) is 12.2. The summed E-state index contributed by atoms with van der Waals surface area (Å²) in [5, 5.41) is 8.73. The third kappa shape index (κ3) is 4.66. The Kier molecular flexibility index (Phi) is 7.17. The molecule has 108 valence electrons. The van der Waals surface area contributed by atoms with Crippen LogP contribution in [0.1, 0.15) is 45.5 Å². The standard InChI is InChI=1S/C15H26ClN3/c1-5-13-15(16)14(19(7-3)18-13)11-12(4)9-8-10-17-6-2/h9,17H,5-8,10-11H2,1-4H3. The molecule has 1 rings (SSSR count). The summed E-state index contributed by atoms with van der Waals surface area (Å²) < 4.78 is 2.03. The number of rotatable bonds is 8. The zero-order chi connectivity index (χ0) is 14.3. The molecule has 4 heteroatoms. The van der Waals surface area contributed by atoms with Gasteiger partial charge in [-0.05, 0) is 39.8 Å². The fraction of sp³-hybridized carbons (Fsp3) is 0.667. The molecule has 0 aliphatic heterocycles. The Hall–Kier alpha value is -0.800. The van der Waals surface area contributed by atoms with Crippen molar-refractivity contribution in [1.82, 2.24) is 15.1 Å². The van der Waals surface area contributed by atoms with Gasteiger partial charge in [0.1, 0.15) is 0 Å². The van der Waals surface area contributed by atoms with Gasteiger partial charge in [-0.2, -0.15) is 5.10 Å². The minimum absolute atomic E-state index is 0.851. The molecule has 19 heavy (non-hydrogen) atoms. The zero-order valence-corrected chi connectivity index (χ0v) is 13.3. The maximum absolute atomic E-state index is 6.41. The van der Waals surface area contributed by atoms with Crippen LogP contribution in [0.15, 0.2) is 11.6 Å². The molecule has 1 N–H and O–H groups in total. The molecule has 0 unspecified atom stereocenters. The second-order valence-electron chi connectivity index (χ2n) is 4.75. The highest BCUT2D eigenvalue weighted by Gasteiger charge is 2.14. The Morgan fingerprint density at radius 1 is 1.37 bits per heavy atom. The molecule has 0 radical (unpaired) electrons. The van der Waals surface area contributed by atoms with E-state index in [1.165, 1.54) is 5.57 Å². The van der Waals surface area contributed by atoms with E-state index >= 15 is 0 Å². The largest absolute Gasteiger partial charge is 0.317 e. The molecular formula is C15H26ClN3. The minimum Gasteiger partial charge on any atom is -0.317 e. The van der Waals surface area contributed by atoms with Crippen molar-refractivity contribution in [3.8, 4) is 0 Å². The lowest BCUT2D eigenvalue weighted by Gasteiger charge is -2.06. The van der Waals surface area contributed by atoms with Gasteiger partial charge in [0.25, 0.3) is 0 Å². The first kappa shape index (κ1) is 16.3. The van der Waals surface area contributed by atoms with E-state index in [9.17, 15) is 0 Å². The summed E-state index contributed by atoms with van der Waals surface area (Å²) in [6.07, 6.45) is 5.14. The third-order valence-electron chi connectivity index (χ3n) is 3.20. The number of hydrogen-bond acceptors (Lipinski definition) is 2. The van der Waals surface area contributed by atoms with Crippen molar-refractivity contribution in [3.63, 3.8) is 0 Å². The number of nitrogens with zero attached hydrogens (tertiary/aromatic N) is 2. The first-order valence-electron chi connectivity index (χ1n) is 7.24. The molecule has 0 atom stereocenters. The molecule has 0 amide bonds. The highest BCUT2D eigenvalue weighted by atomic mass is 35.5. The summed E-state index contributed by atoms with van der Waals surface area (Å²) >= 11 is 6.41. The Morgan fingerprint density at radius 3 is 2.68 bits per heavy atom. The smallest absolute Gasteiger partial charge is 0.0853 e. The van der Waals surface area contributed by atoms with E-state index in [1.807, 2.05) is 4.68 Å². The van der Waals surface area contributed by atoms with E-state index in [1.54, 1.807) is 0 Å². The molecule has 0 saturated heterocycles. The van der Waals surface area contributed by atoms with Crippen molar-refractivity contribution in [3.05, 3.63) is 28.1 Å². The first-order chi connectivity index (χ1) is 9.13. The summed E-state index contributed by atoms with van der Waals surface area (Å²) in [5.74, 6) is 0. The highest BCUT2D eigenvalue weighted by Crippen LogP contribution is 2.24. The Bertz CT molecular complexity index is 421. The molecule has 0 bridgehead atoms. The molecule has 3 nitrogen and oxygen atoms in total. The van der Waals surface area contributed by atoms with Crippen LogP contribution >= 0.6 is 11.6 Å². The Labute approximate surface area is 122 Å². The third-order valence-corrected chi connectivity index (χ3v) is 3.64. The lowest BCUT2D eigenvalue weighted by molar-refractivity contribution is 0.620. The monoisotopic (exact) mass is 283 g/mol. The summed E-state index contributed by atoms with van der Waals surface area (Å²) in [7, 11) is 0. The number of aryl methyl sites for hydroxylation is 2. The summed E-state index contributed by atoms with van der Waals surface area (Å²) in [6.45, 7) is 11.4. The van der Waals surface area contributed by atoms with Gasteiger partial charge in [-0.25, -0.2) is 0 Å². The molecule has 1 heterocycles. The van der Waals surface area contributed by atoms with Gasteiger partial charge in [-0.15, -0.1) is 0 Å². The van der Waals surface area contributed by atoms with Gasteiger partial charge >= 0.3 is 0 Å². The van der Waals surface area contributed by atoms with Gasteiger partial charge in [0.05, 0.1) is 16.4 Å². The van der Waals surface area contributed by atoms with Crippen LogP contribution in [-0.4, -0.2) is 22.9 Å². The number of aromatic nitrogens is 2. The number of halogens is 1. The van der Waals surface area contributed by atoms with Crippen molar-refractivity contribution in [1.29, 1.82) is 0 Å². The topological polar surface area (TPSA) is 29.9 Å². The van der Waals surface area contributed by atoms with Gasteiger partial charge in [-0.3, -0.25) is 4.68 Å². The van der Waals surface area contributed by atoms with Crippen LogP contribution in [0.4, 0.5) is 0 Å². The molecule has 0 aromatic carbocycles. The van der Waals surface area contributed by atoms with Crippen molar-refractivity contribution < 1.29 is 0 Å². The highest BCUT2D eigenvalue weighted by molar-refractivity contribution is 6.31. The van der Waals surface area contributed by atoms with Crippen LogP contribution in [0.2, 0.25) is 5.02 Å². The van der Waals surface area contributed by atoms with Gasteiger partial charge in [-0.1, -0.05) is 37.1 Å². The molecule has 0 aliphatic carbocycles. The summed E-state index contributed by atoms with van der Waals surface area (Å²) in [6, 6.07) is 0. The molecule has 1 aromatic rings. The predicted octanol–water partition coefficient (Wildman–Crippen LogP) is 3.61. The summed E-state index contributed by atoms with van der Waals surface area (Å²) in [5.41, 5.74) is 3.52. The van der Waals surface area contributed by atoms with Crippen LogP contribution in [0.25, 0.3) is 0 Å². The Morgan fingerprint density at radius 2 is 2.11 bits per heavy atom. The van der Waals surface area contributed by atoms with Crippen LogP contribution < -0.4 is 5.32 Å². The van der Waals surface area contributed by atoms with Crippen molar-refractivity contribution in [2.24, 2.45) is 0 Å². The fourth-order valence-corrected chi connectivity index (χ4v) is 2.46. The van der Waals surface area contributed by atoms with E-state index in [2.05, 4.69) is 44.2 Å². The van der Waals surface area contributed by atoms with E-state index in [0.717, 1.165) is 55.3 Å². The molecule has 0 fully saturated rings. The maximum atomic E-state index is 6.41. The van der Waals surface area contributed by atoms with Gasteiger partial charge < -0.3 is 5.32 Å². The van der Waals surface area contributed by atoms with Crippen molar-refractivity contribution in [2.45, 2.75) is 53.5 Å². The molecule has 0 spiro atoms. The number of nitrogens with one attached hydrogen (secondary N) is 1. The lowest BCUT2D eigenvalue weighted by atomic mass is 10.1. The van der Waals surface area contributed by atoms with Gasteiger partial charge in [0.15, 0.2) is 0 Å². The second-order valence-corrected chi connectivity index (χ2v) is 5.12. The number of hydrogen-bond donors (Lipinski definition) is 1. The predicted molar refractivity (Wildman–Crippen MR) is 82.9 cm³/mol. The van der Waals surface area contributed by atoms with Crippen molar-refractivity contribution in [2.75, 3.05) is 13.1 Å². The van der Waals surface area contributed by atoms with E-state index in [4.69, 9.17) is 11.6 Å². The maximum Gasteiger partial charge on any atom is 0.0853 e. The van der Waals surface area contributed by atoms with E-state index in [0.29, 0.717) is 0 Å². The van der Waals surface area contributed by atoms with Gasteiger partial charge in [0, 0.05) is 13.0 Å². The quantitative estimate of drug-likeness (QED) is 0.583. The SMILES string of the molecule is CCNCCC=C(C)Cc1c(Cl)c(CC)nn1CC. The molecule has 1 aromatic heterocycles. The first-order valence-corrected chi connectivity index (χ1v) is 7.62. The average molecular weight is 284 g/mol. The van der Waals surface area contributed by atoms with Crippen LogP contribution in [0.5, 0.6) is 0 Å². The van der Waals surface area contributed by atoms with Gasteiger partial charge in [0.2, 0.25) is 0 Å². The molecule has 0 aliphatic rings. The Balaban J connectivity index is 2.72. The van der Waals surface area contributed by atoms with Crippen LogP contribution in [0, 0.1) is 0 Å². The second kappa shape index (κ2) is 8.39. The van der Waals surface area contributed by atoms with Crippen LogP contribution in [-0.2, 0) is 19.4 Å². The van der Waals surface area contributed by atoms with Crippen molar-refractivity contribution >= 4 is 11.6 Å². The zero-order valence-electron chi connectivity index (χ0n) is 12.6.